The fraction of sp³-hybridized carbons (Fsp3) is 0.583. The van der Waals surface area contributed by atoms with Crippen LogP contribution in [0, 0.1) is 0 Å². The van der Waals surface area contributed by atoms with Gasteiger partial charge in [-0.25, -0.2) is 9.99 Å². The Morgan fingerprint density at radius 2 is 2.09 bits per heavy atom. The minimum atomic E-state index is -1.23. The zero-order valence-corrected chi connectivity index (χ0v) is 13.2. The van der Waals surface area contributed by atoms with Gasteiger partial charge in [0.2, 0.25) is 5.28 Å². The highest BCUT2D eigenvalue weighted by atomic mass is 35.5. The second-order valence-electron chi connectivity index (χ2n) is 5.40. The summed E-state index contributed by atoms with van der Waals surface area (Å²) in [6.07, 6.45) is -2.85. The Hall–Kier alpha value is -1.56. The van der Waals surface area contributed by atoms with E-state index in [1.54, 1.807) is 19.1 Å². The van der Waals surface area contributed by atoms with E-state index in [1.165, 1.54) is 10.9 Å². The molecule has 0 aromatic carbocycles. The largest absolute Gasteiger partial charge is 0.394 e. The fourth-order valence-electron chi connectivity index (χ4n) is 2.48. The average Bonchev–Trinajstić information content (AvgIpc) is 3.01. The van der Waals surface area contributed by atoms with Crippen LogP contribution in [0.15, 0.2) is 6.33 Å². The summed E-state index contributed by atoms with van der Waals surface area (Å²) in [5.74, 6) is 0.399. The van der Waals surface area contributed by atoms with Crippen molar-refractivity contribution in [2.75, 3.05) is 26.1 Å². The summed E-state index contributed by atoms with van der Waals surface area (Å²) in [6, 6.07) is 0. The molecule has 1 aliphatic heterocycles. The maximum absolute atomic E-state index is 10.1. The molecule has 1 saturated heterocycles. The molecule has 0 spiro atoms. The molecular weight excluding hydrogens is 328 g/mol. The van der Waals surface area contributed by atoms with Gasteiger partial charge >= 0.3 is 0 Å². The quantitative estimate of drug-likeness (QED) is 0.407. The lowest BCUT2D eigenvalue weighted by molar-refractivity contribution is -0.0511. The van der Waals surface area contributed by atoms with Crippen LogP contribution in [-0.4, -0.2) is 78.9 Å². The number of imidazole rings is 1. The summed E-state index contributed by atoms with van der Waals surface area (Å²) in [5, 5.41) is 30.9. The number of ether oxygens (including phenoxy) is 1. The summed E-state index contributed by atoms with van der Waals surface area (Å²) >= 11 is 5.95. The number of nitrogens with one attached hydrogen (secondary N) is 1. The lowest BCUT2D eigenvalue weighted by atomic mass is 10.1. The number of aliphatic hydroxyl groups is 3. The molecule has 0 aliphatic carbocycles. The minimum absolute atomic E-state index is 0.00431. The molecule has 0 saturated carbocycles. The van der Waals surface area contributed by atoms with Crippen LogP contribution in [0.1, 0.15) is 6.23 Å². The van der Waals surface area contributed by atoms with E-state index in [-0.39, 0.29) is 5.28 Å². The van der Waals surface area contributed by atoms with Crippen molar-refractivity contribution >= 4 is 28.6 Å². The zero-order chi connectivity index (χ0) is 16.7. The molecule has 3 heterocycles. The molecule has 126 valence electrons. The Kier molecular flexibility index (Phi) is 4.36. The molecular formula is C12H17ClN6O4. The first-order valence-electron chi connectivity index (χ1n) is 6.89. The van der Waals surface area contributed by atoms with E-state index in [2.05, 4.69) is 20.4 Å². The Balaban J connectivity index is 2.04. The Morgan fingerprint density at radius 1 is 1.35 bits per heavy atom. The molecule has 1 aliphatic rings. The Labute approximate surface area is 136 Å². The number of fused-ring (bicyclic) bond motifs is 1. The van der Waals surface area contributed by atoms with Crippen LogP contribution in [0.25, 0.3) is 11.2 Å². The van der Waals surface area contributed by atoms with E-state index in [1.807, 2.05) is 0 Å². The van der Waals surface area contributed by atoms with E-state index in [4.69, 9.17) is 16.3 Å². The third-order valence-corrected chi connectivity index (χ3v) is 3.68. The van der Waals surface area contributed by atoms with Crippen LogP contribution in [0.3, 0.4) is 0 Å². The van der Waals surface area contributed by atoms with Gasteiger partial charge in [-0.3, -0.25) is 4.57 Å². The molecule has 2 aromatic rings. The predicted molar refractivity (Wildman–Crippen MR) is 80.7 cm³/mol. The number of rotatable bonds is 4. The van der Waals surface area contributed by atoms with E-state index >= 15 is 0 Å². The number of nitrogens with zero attached hydrogens (tertiary/aromatic N) is 5. The lowest BCUT2D eigenvalue weighted by Gasteiger charge is -2.17. The first-order valence-corrected chi connectivity index (χ1v) is 7.26. The monoisotopic (exact) mass is 344 g/mol. The van der Waals surface area contributed by atoms with Gasteiger partial charge < -0.3 is 25.5 Å². The Bertz CT molecular complexity index is 710. The molecule has 4 N–H and O–H groups in total. The molecule has 23 heavy (non-hydrogen) atoms. The number of anilines is 1. The maximum atomic E-state index is 10.1. The van der Waals surface area contributed by atoms with Gasteiger partial charge in [0.15, 0.2) is 23.2 Å². The maximum Gasteiger partial charge on any atom is 0.226 e. The second-order valence-corrected chi connectivity index (χ2v) is 5.74. The molecule has 4 atom stereocenters. The second kappa shape index (κ2) is 6.15. The standard InChI is InChI=1S/C12H17ClN6O4/c1-18(2)17-9-6-10(16-12(13)15-9)19(4-14-6)11-8(22)7(21)5(3-20)23-11/h4-5,7-8,11,20-22H,3H2,1-2H3,(H,15,16,17). The van der Waals surface area contributed by atoms with Gasteiger partial charge in [0.25, 0.3) is 0 Å². The summed E-state index contributed by atoms with van der Waals surface area (Å²) in [5.41, 5.74) is 3.73. The van der Waals surface area contributed by atoms with Crippen molar-refractivity contribution in [3.63, 3.8) is 0 Å². The van der Waals surface area contributed by atoms with Crippen molar-refractivity contribution < 1.29 is 20.1 Å². The summed E-state index contributed by atoms with van der Waals surface area (Å²) in [7, 11) is 3.57. The van der Waals surface area contributed by atoms with Crippen molar-refractivity contribution in [2.45, 2.75) is 24.5 Å². The van der Waals surface area contributed by atoms with E-state index in [0.717, 1.165) is 0 Å². The van der Waals surface area contributed by atoms with Gasteiger partial charge in [-0.1, -0.05) is 0 Å². The molecule has 3 rings (SSSR count). The SMILES string of the molecule is CN(C)Nc1nc(Cl)nc2c1ncn2C1OC(CO)C(O)C1O. The molecule has 2 aromatic heterocycles. The lowest BCUT2D eigenvalue weighted by Crippen LogP contribution is -2.33. The van der Waals surface area contributed by atoms with Crippen LogP contribution in [-0.2, 0) is 4.74 Å². The van der Waals surface area contributed by atoms with Crippen molar-refractivity contribution in [1.82, 2.24) is 24.5 Å². The smallest absolute Gasteiger partial charge is 0.226 e. The average molecular weight is 345 g/mol. The van der Waals surface area contributed by atoms with Crippen LogP contribution >= 0.6 is 11.6 Å². The third kappa shape index (κ3) is 2.84. The highest BCUT2D eigenvalue weighted by Crippen LogP contribution is 2.32. The van der Waals surface area contributed by atoms with Crippen molar-refractivity contribution in [1.29, 1.82) is 0 Å². The summed E-state index contributed by atoms with van der Waals surface area (Å²) < 4.78 is 6.94. The highest BCUT2D eigenvalue weighted by Gasteiger charge is 2.44. The van der Waals surface area contributed by atoms with Crippen LogP contribution in [0.5, 0.6) is 0 Å². The molecule has 4 unspecified atom stereocenters. The van der Waals surface area contributed by atoms with Gasteiger partial charge in [-0.05, 0) is 11.6 Å². The summed E-state index contributed by atoms with van der Waals surface area (Å²) in [4.78, 5) is 12.4. The Morgan fingerprint density at radius 3 is 2.70 bits per heavy atom. The van der Waals surface area contributed by atoms with E-state index in [0.29, 0.717) is 17.0 Å². The number of aromatic nitrogens is 4. The van der Waals surface area contributed by atoms with E-state index in [9.17, 15) is 15.3 Å². The van der Waals surface area contributed by atoms with Crippen molar-refractivity contribution in [2.24, 2.45) is 0 Å². The molecule has 0 amide bonds. The molecule has 10 nitrogen and oxygen atoms in total. The fourth-order valence-corrected chi connectivity index (χ4v) is 2.64. The minimum Gasteiger partial charge on any atom is -0.394 e. The first-order chi connectivity index (χ1) is 10.9. The predicted octanol–water partition coefficient (Wildman–Crippen LogP) is -1.02. The molecule has 11 heteroatoms. The summed E-state index contributed by atoms with van der Waals surface area (Å²) in [6.45, 7) is -0.412. The number of halogens is 1. The number of aliphatic hydroxyl groups excluding tert-OH is 3. The van der Waals surface area contributed by atoms with Crippen LogP contribution in [0.2, 0.25) is 5.28 Å². The molecule has 0 radical (unpaired) electrons. The van der Waals surface area contributed by atoms with Gasteiger partial charge in [0.1, 0.15) is 18.3 Å². The number of hydrazine groups is 1. The third-order valence-electron chi connectivity index (χ3n) is 3.51. The molecule has 1 fully saturated rings. The van der Waals surface area contributed by atoms with Crippen LogP contribution in [0.4, 0.5) is 5.82 Å². The van der Waals surface area contributed by atoms with Crippen molar-refractivity contribution in [3.8, 4) is 0 Å². The zero-order valence-electron chi connectivity index (χ0n) is 12.5. The van der Waals surface area contributed by atoms with Gasteiger partial charge in [-0.2, -0.15) is 9.97 Å². The highest BCUT2D eigenvalue weighted by molar-refractivity contribution is 6.28. The van der Waals surface area contributed by atoms with Gasteiger partial charge in [-0.15, -0.1) is 0 Å². The van der Waals surface area contributed by atoms with Gasteiger partial charge in [0.05, 0.1) is 12.9 Å². The van der Waals surface area contributed by atoms with E-state index < -0.39 is 31.1 Å². The number of hydrogen-bond acceptors (Lipinski definition) is 9. The van der Waals surface area contributed by atoms with Crippen LogP contribution < -0.4 is 5.43 Å². The van der Waals surface area contributed by atoms with Gasteiger partial charge in [0, 0.05) is 14.1 Å². The molecule has 0 bridgehead atoms. The normalized spacial score (nSPS) is 28.0. The first kappa shape index (κ1) is 16.3. The number of hydrogen-bond donors (Lipinski definition) is 4. The van der Waals surface area contributed by atoms with Crippen molar-refractivity contribution in [3.05, 3.63) is 11.6 Å². The topological polar surface area (TPSA) is 129 Å².